The maximum atomic E-state index is 12.4. The molecule has 0 amide bonds. The number of halogens is 1. The standard InChI is InChI=1S/C13H13ClN4O2S/c1-9-4-6-10(7-5-9)12-13(14)16-11(8-15)18(12)21(19,20)17(2)3/h4-7H,1-3H3. The van der Waals surface area contributed by atoms with Gasteiger partial charge in [-0.25, -0.2) is 4.98 Å². The van der Waals surface area contributed by atoms with Crippen LogP contribution in [-0.4, -0.2) is 35.8 Å². The second-order valence-corrected chi connectivity index (χ2v) is 6.96. The molecule has 8 heteroatoms. The molecule has 0 saturated heterocycles. The van der Waals surface area contributed by atoms with Crippen molar-refractivity contribution in [2.75, 3.05) is 14.1 Å². The Balaban J connectivity index is 2.82. The SMILES string of the molecule is Cc1ccc(-c2c(Cl)nc(C#N)n2S(=O)(=O)N(C)C)cc1. The second kappa shape index (κ2) is 5.48. The molecule has 0 aliphatic heterocycles. The zero-order valence-corrected chi connectivity index (χ0v) is 13.3. The third kappa shape index (κ3) is 2.65. The lowest BCUT2D eigenvalue weighted by Gasteiger charge is -2.15. The van der Waals surface area contributed by atoms with Crippen LogP contribution in [0, 0.1) is 18.3 Å². The minimum atomic E-state index is -3.91. The predicted octanol–water partition coefficient (Wildman–Crippen LogP) is 2.04. The van der Waals surface area contributed by atoms with Crippen molar-refractivity contribution in [1.82, 2.24) is 13.3 Å². The fourth-order valence-electron chi connectivity index (χ4n) is 1.79. The molecule has 0 saturated carbocycles. The van der Waals surface area contributed by atoms with Crippen LogP contribution in [0.1, 0.15) is 11.4 Å². The third-order valence-electron chi connectivity index (χ3n) is 2.91. The van der Waals surface area contributed by atoms with Gasteiger partial charge in [-0.3, -0.25) is 0 Å². The Morgan fingerprint density at radius 1 is 1.29 bits per heavy atom. The van der Waals surface area contributed by atoms with Gasteiger partial charge in [0.05, 0.1) is 0 Å². The molecule has 0 fully saturated rings. The van der Waals surface area contributed by atoms with E-state index < -0.39 is 10.2 Å². The van der Waals surface area contributed by atoms with Crippen molar-refractivity contribution in [2.24, 2.45) is 0 Å². The van der Waals surface area contributed by atoms with Gasteiger partial charge in [0, 0.05) is 19.7 Å². The Kier molecular flexibility index (Phi) is 4.05. The average Bonchev–Trinajstić information content (AvgIpc) is 2.77. The molecule has 0 radical (unpaired) electrons. The first-order chi connectivity index (χ1) is 9.78. The van der Waals surface area contributed by atoms with Crippen molar-refractivity contribution in [2.45, 2.75) is 6.92 Å². The summed E-state index contributed by atoms with van der Waals surface area (Å²) in [5.74, 6) is -0.274. The number of benzene rings is 1. The Morgan fingerprint density at radius 2 is 1.86 bits per heavy atom. The molecule has 0 bridgehead atoms. The zero-order valence-electron chi connectivity index (χ0n) is 11.7. The van der Waals surface area contributed by atoms with Crippen LogP contribution in [0.5, 0.6) is 0 Å². The number of rotatable bonds is 3. The van der Waals surface area contributed by atoms with Crippen LogP contribution in [0.25, 0.3) is 11.3 Å². The third-order valence-corrected chi connectivity index (χ3v) is 4.92. The van der Waals surface area contributed by atoms with Crippen molar-refractivity contribution in [3.63, 3.8) is 0 Å². The smallest absolute Gasteiger partial charge is 0.205 e. The Morgan fingerprint density at radius 3 is 2.33 bits per heavy atom. The Labute approximate surface area is 128 Å². The largest absolute Gasteiger partial charge is 0.309 e. The van der Waals surface area contributed by atoms with E-state index in [1.54, 1.807) is 18.2 Å². The van der Waals surface area contributed by atoms with Gasteiger partial charge >= 0.3 is 10.2 Å². The van der Waals surface area contributed by atoms with Gasteiger partial charge in [0.1, 0.15) is 11.8 Å². The molecule has 110 valence electrons. The van der Waals surface area contributed by atoms with Gasteiger partial charge in [-0.05, 0) is 6.92 Å². The normalized spacial score (nSPS) is 11.6. The monoisotopic (exact) mass is 324 g/mol. The molecule has 6 nitrogen and oxygen atoms in total. The molecule has 0 atom stereocenters. The maximum absolute atomic E-state index is 12.4. The molecule has 2 rings (SSSR count). The Bertz CT molecular complexity index is 817. The van der Waals surface area contributed by atoms with Gasteiger partial charge in [0.2, 0.25) is 5.82 Å². The van der Waals surface area contributed by atoms with E-state index in [4.69, 9.17) is 16.9 Å². The van der Waals surface area contributed by atoms with E-state index in [9.17, 15) is 8.42 Å². The topological polar surface area (TPSA) is 79.0 Å². The molecule has 2 aromatic rings. The van der Waals surface area contributed by atoms with E-state index in [-0.39, 0.29) is 16.7 Å². The first-order valence-corrected chi connectivity index (χ1v) is 7.75. The molecule has 0 N–H and O–H groups in total. The maximum Gasteiger partial charge on any atom is 0.309 e. The van der Waals surface area contributed by atoms with Gasteiger partial charge < -0.3 is 0 Å². The van der Waals surface area contributed by atoms with Gasteiger partial charge in [-0.2, -0.15) is 22.0 Å². The zero-order chi connectivity index (χ0) is 15.8. The molecule has 0 unspecified atom stereocenters. The lowest BCUT2D eigenvalue weighted by molar-refractivity contribution is 0.510. The van der Waals surface area contributed by atoms with Crippen LogP contribution in [0.4, 0.5) is 0 Å². The van der Waals surface area contributed by atoms with Crippen LogP contribution in [0.15, 0.2) is 24.3 Å². The fourth-order valence-corrected chi connectivity index (χ4v) is 3.16. The molecule has 1 aromatic heterocycles. The molecule has 1 aromatic carbocycles. The highest BCUT2D eigenvalue weighted by atomic mass is 35.5. The number of aryl methyl sites for hydroxylation is 1. The highest BCUT2D eigenvalue weighted by Gasteiger charge is 2.28. The van der Waals surface area contributed by atoms with E-state index >= 15 is 0 Å². The van der Waals surface area contributed by atoms with E-state index in [1.165, 1.54) is 14.1 Å². The Hall–Kier alpha value is -1.88. The summed E-state index contributed by atoms with van der Waals surface area (Å²) in [6.07, 6.45) is 0. The number of imidazole rings is 1. The minimum Gasteiger partial charge on any atom is -0.205 e. The lowest BCUT2D eigenvalue weighted by Crippen LogP contribution is -2.30. The molecule has 21 heavy (non-hydrogen) atoms. The molecule has 0 aliphatic carbocycles. The highest BCUT2D eigenvalue weighted by molar-refractivity contribution is 7.87. The lowest BCUT2D eigenvalue weighted by atomic mass is 10.1. The van der Waals surface area contributed by atoms with Crippen LogP contribution in [0.2, 0.25) is 5.15 Å². The summed E-state index contributed by atoms with van der Waals surface area (Å²) in [6.45, 7) is 1.92. The quantitative estimate of drug-likeness (QED) is 0.865. The summed E-state index contributed by atoms with van der Waals surface area (Å²) in [4.78, 5) is 3.84. The summed E-state index contributed by atoms with van der Waals surface area (Å²) in [7, 11) is -1.15. The van der Waals surface area contributed by atoms with Crippen LogP contribution in [0.3, 0.4) is 0 Å². The first kappa shape index (κ1) is 15.5. The van der Waals surface area contributed by atoms with E-state index in [2.05, 4.69) is 4.98 Å². The van der Waals surface area contributed by atoms with Gasteiger partial charge in [-0.1, -0.05) is 41.4 Å². The van der Waals surface area contributed by atoms with Crippen LogP contribution < -0.4 is 0 Å². The van der Waals surface area contributed by atoms with Crippen LogP contribution in [-0.2, 0) is 10.2 Å². The molecular formula is C13H13ClN4O2S. The summed E-state index contributed by atoms with van der Waals surface area (Å²) in [5.41, 5.74) is 1.78. The summed E-state index contributed by atoms with van der Waals surface area (Å²) >= 11 is 6.05. The molecule has 0 aliphatic rings. The van der Waals surface area contributed by atoms with Gasteiger partial charge in [0.15, 0.2) is 5.15 Å². The van der Waals surface area contributed by atoms with Crippen molar-refractivity contribution >= 4 is 21.8 Å². The number of nitriles is 1. The summed E-state index contributed by atoms with van der Waals surface area (Å²) < 4.78 is 26.7. The summed E-state index contributed by atoms with van der Waals surface area (Å²) in [6, 6.07) is 8.90. The van der Waals surface area contributed by atoms with E-state index in [1.807, 2.05) is 19.1 Å². The van der Waals surface area contributed by atoms with E-state index in [0.717, 1.165) is 13.8 Å². The number of aromatic nitrogens is 2. The fraction of sp³-hybridized carbons (Fsp3) is 0.231. The van der Waals surface area contributed by atoms with Crippen molar-refractivity contribution in [3.05, 3.63) is 40.8 Å². The highest BCUT2D eigenvalue weighted by Crippen LogP contribution is 2.30. The number of hydrogen-bond donors (Lipinski definition) is 0. The van der Waals surface area contributed by atoms with Crippen molar-refractivity contribution in [3.8, 4) is 17.3 Å². The number of hydrogen-bond acceptors (Lipinski definition) is 4. The molecule has 0 spiro atoms. The second-order valence-electron chi connectivity index (χ2n) is 4.61. The van der Waals surface area contributed by atoms with Gasteiger partial charge in [-0.15, -0.1) is 0 Å². The van der Waals surface area contributed by atoms with Crippen LogP contribution >= 0.6 is 11.6 Å². The van der Waals surface area contributed by atoms with Crippen molar-refractivity contribution < 1.29 is 8.42 Å². The summed E-state index contributed by atoms with van der Waals surface area (Å²) in [5, 5.41) is 9.09. The van der Waals surface area contributed by atoms with Gasteiger partial charge in [0.25, 0.3) is 0 Å². The number of nitrogens with zero attached hydrogens (tertiary/aromatic N) is 4. The van der Waals surface area contributed by atoms with Crippen molar-refractivity contribution in [1.29, 1.82) is 5.26 Å². The molecule has 1 heterocycles. The predicted molar refractivity (Wildman–Crippen MR) is 80.1 cm³/mol. The molecular weight excluding hydrogens is 312 g/mol. The minimum absolute atomic E-state index is 0.0270. The first-order valence-electron chi connectivity index (χ1n) is 5.97. The average molecular weight is 325 g/mol. The van der Waals surface area contributed by atoms with E-state index in [0.29, 0.717) is 5.56 Å².